The molecule has 0 spiro atoms. The van der Waals surface area contributed by atoms with Crippen molar-refractivity contribution in [2.24, 2.45) is 0 Å². The number of methoxy groups -OCH3 is 1. The van der Waals surface area contributed by atoms with E-state index in [1.807, 2.05) is 0 Å². The summed E-state index contributed by atoms with van der Waals surface area (Å²) < 4.78 is 47.6. The molecule has 1 rings (SSSR count). The van der Waals surface area contributed by atoms with E-state index in [1.54, 1.807) is 13.0 Å². The number of hydrogen-bond acceptors (Lipinski definition) is 2. The fourth-order valence-electron chi connectivity index (χ4n) is 1.23. The minimum absolute atomic E-state index is 0.0998. The first kappa shape index (κ1) is 12.8. The maximum atomic E-state index is 12.6. The van der Waals surface area contributed by atoms with Crippen molar-refractivity contribution in [1.82, 2.24) is 0 Å². The van der Waals surface area contributed by atoms with Crippen LogP contribution in [0.15, 0.2) is 18.2 Å². The van der Waals surface area contributed by atoms with Gasteiger partial charge in [0.2, 0.25) is 0 Å². The SMILES string of the molecule is COCCOc1ccc(C)cc1C(F)(F)F. The Bertz CT molecular complexity index is 348. The average molecular weight is 234 g/mol. The van der Waals surface area contributed by atoms with Crippen LogP contribution in [0.3, 0.4) is 0 Å². The van der Waals surface area contributed by atoms with Crippen molar-refractivity contribution in [2.45, 2.75) is 13.1 Å². The third kappa shape index (κ3) is 3.41. The summed E-state index contributed by atoms with van der Waals surface area (Å²) >= 11 is 0. The highest BCUT2D eigenvalue weighted by Gasteiger charge is 2.34. The van der Waals surface area contributed by atoms with Crippen molar-refractivity contribution in [3.05, 3.63) is 29.3 Å². The molecule has 0 unspecified atom stereocenters. The first-order chi connectivity index (χ1) is 7.45. The molecular formula is C11H13F3O2. The zero-order valence-corrected chi connectivity index (χ0v) is 9.10. The number of rotatable bonds is 4. The lowest BCUT2D eigenvalue weighted by atomic mass is 10.1. The van der Waals surface area contributed by atoms with Crippen molar-refractivity contribution < 1.29 is 22.6 Å². The van der Waals surface area contributed by atoms with Gasteiger partial charge in [0.1, 0.15) is 12.4 Å². The van der Waals surface area contributed by atoms with E-state index in [4.69, 9.17) is 9.47 Å². The number of alkyl halides is 3. The summed E-state index contributed by atoms with van der Waals surface area (Å²) in [5.74, 6) is -0.157. The molecule has 1 aromatic carbocycles. The van der Waals surface area contributed by atoms with Crippen LogP contribution in [-0.2, 0) is 10.9 Å². The summed E-state index contributed by atoms with van der Waals surface area (Å²) in [6.45, 7) is 1.96. The maximum Gasteiger partial charge on any atom is 0.419 e. The molecule has 0 N–H and O–H groups in total. The molecule has 2 nitrogen and oxygen atoms in total. The van der Waals surface area contributed by atoms with Crippen LogP contribution in [0.2, 0.25) is 0 Å². The lowest BCUT2D eigenvalue weighted by Crippen LogP contribution is -2.11. The molecule has 16 heavy (non-hydrogen) atoms. The molecule has 0 aliphatic rings. The summed E-state index contributed by atoms with van der Waals surface area (Å²) in [4.78, 5) is 0. The van der Waals surface area contributed by atoms with E-state index in [0.29, 0.717) is 5.56 Å². The van der Waals surface area contributed by atoms with Crippen LogP contribution in [0.1, 0.15) is 11.1 Å². The molecular weight excluding hydrogens is 221 g/mol. The van der Waals surface area contributed by atoms with Gasteiger partial charge < -0.3 is 9.47 Å². The highest BCUT2D eigenvalue weighted by atomic mass is 19.4. The molecule has 90 valence electrons. The Morgan fingerprint density at radius 2 is 1.88 bits per heavy atom. The summed E-state index contributed by atoms with van der Waals surface area (Å²) in [6.07, 6.45) is -4.39. The van der Waals surface area contributed by atoms with Crippen LogP contribution < -0.4 is 4.74 Å². The van der Waals surface area contributed by atoms with Crippen LogP contribution in [-0.4, -0.2) is 20.3 Å². The third-order valence-corrected chi connectivity index (χ3v) is 1.99. The molecule has 0 bridgehead atoms. The molecule has 0 aliphatic carbocycles. The monoisotopic (exact) mass is 234 g/mol. The van der Waals surface area contributed by atoms with Gasteiger partial charge in [0, 0.05) is 7.11 Å². The van der Waals surface area contributed by atoms with Gasteiger partial charge in [-0.3, -0.25) is 0 Å². The molecule has 0 amide bonds. The van der Waals surface area contributed by atoms with Gasteiger partial charge in [0.15, 0.2) is 0 Å². The zero-order chi connectivity index (χ0) is 12.2. The van der Waals surface area contributed by atoms with E-state index >= 15 is 0 Å². The van der Waals surface area contributed by atoms with Crippen LogP contribution in [0.4, 0.5) is 13.2 Å². The lowest BCUT2D eigenvalue weighted by Gasteiger charge is -2.14. The standard InChI is InChI=1S/C11H13F3O2/c1-8-3-4-10(16-6-5-15-2)9(7-8)11(12,13)14/h3-4,7H,5-6H2,1-2H3. The summed E-state index contributed by atoms with van der Waals surface area (Å²) in [7, 11) is 1.46. The molecule has 0 aromatic heterocycles. The van der Waals surface area contributed by atoms with Gasteiger partial charge in [-0.15, -0.1) is 0 Å². The second kappa shape index (κ2) is 5.21. The average Bonchev–Trinajstić information content (AvgIpc) is 2.19. The second-order valence-corrected chi connectivity index (χ2v) is 3.34. The Labute approximate surface area is 92.0 Å². The number of ether oxygens (including phenoxy) is 2. The molecule has 0 saturated carbocycles. The van der Waals surface area contributed by atoms with Gasteiger partial charge >= 0.3 is 6.18 Å². The highest BCUT2D eigenvalue weighted by molar-refractivity contribution is 5.38. The maximum absolute atomic E-state index is 12.6. The van der Waals surface area contributed by atoms with Gasteiger partial charge in [-0.05, 0) is 19.1 Å². The molecule has 0 heterocycles. The molecule has 5 heteroatoms. The van der Waals surface area contributed by atoms with Crippen LogP contribution >= 0.6 is 0 Å². The Balaban J connectivity index is 2.90. The molecule has 1 aromatic rings. The van der Waals surface area contributed by atoms with Crippen LogP contribution in [0.25, 0.3) is 0 Å². The first-order valence-corrected chi connectivity index (χ1v) is 4.74. The highest BCUT2D eigenvalue weighted by Crippen LogP contribution is 2.36. The number of hydrogen-bond donors (Lipinski definition) is 0. The predicted molar refractivity (Wildman–Crippen MR) is 53.6 cm³/mol. The minimum atomic E-state index is -4.39. The Morgan fingerprint density at radius 3 is 2.44 bits per heavy atom. The van der Waals surface area contributed by atoms with Crippen molar-refractivity contribution in [2.75, 3.05) is 20.3 Å². The van der Waals surface area contributed by atoms with Gasteiger partial charge in [0.25, 0.3) is 0 Å². The van der Waals surface area contributed by atoms with E-state index in [0.717, 1.165) is 6.07 Å². The van der Waals surface area contributed by atoms with E-state index in [9.17, 15) is 13.2 Å². The van der Waals surface area contributed by atoms with Crippen LogP contribution in [0, 0.1) is 6.92 Å². The largest absolute Gasteiger partial charge is 0.491 e. The van der Waals surface area contributed by atoms with Crippen molar-refractivity contribution in [3.8, 4) is 5.75 Å². The third-order valence-electron chi connectivity index (χ3n) is 1.99. The molecule has 0 saturated heterocycles. The van der Waals surface area contributed by atoms with E-state index in [1.165, 1.54) is 13.2 Å². The number of benzene rings is 1. The van der Waals surface area contributed by atoms with Crippen molar-refractivity contribution in [1.29, 1.82) is 0 Å². The van der Waals surface area contributed by atoms with E-state index in [2.05, 4.69) is 0 Å². The Morgan fingerprint density at radius 1 is 1.19 bits per heavy atom. The van der Waals surface area contributed by atoms with Gasteiger partial charge in [-0.2, -0.15) is 13.2 Å². The van der Waals surface area contributed by atoms with Gasteiger partial charge in [0.05, 0.1) is 12.2 Å². The van der Waals surface area contributed by atoms with Crippen molar-refractivity contribution in [3.63, 3.8) is 0 Å². The topological polar surface area (TPSA) is 18.5 Å². The van der Waals surface area contributed by atoms with Crippen molar-refractivity contribution >= 4 is 0 Å². The number of halogens is 3. The second-order valence-electron chi connectivity index (χ2n) is 3.34. The normalized spacial score (nSPS) is 11.6. The molecule has 0 radical (unpaired) electrons. The molecule has 0 aliphatic heterocycles. The Hall–Kier alpha value is -1.23. The fraction of sp³-hybridized carbons (Fsp3) is 0.455. The van der Waals surface area contributed by atoms with E-state index < -0.39 is 11.7 Å². The molecule has 0 atom stereocenters. The quantitative estimate of drug-likeness (QED) is 0.745. The lowest BCUT2D eigenvalue weighted by molar-refractivity contribution is -0.139. The minimum Gasteiger partial charge on any atom is -0.491 e. The van der Waals surface area contributed by atoms with Gasteiger partial charge in [-0.25, -0.2) is 0 Å². The van der Waals surface area contributed by atoms with E-state index in [-0.39, 0.29) is 19.0 Å². The number of aryl methyl sites for hydroxylation is 1. The molecule has 0 fully saturated rings. The summed E-state index contributed by atoms with van der Waals surface area (Å²) in [6, 6.07) is 3.98. The van der Waals surface area contributed by atoms with Crippen LogP contribution in [0.5, 0.6) is 5.75 Å². The first-order valence-electron chi connectivity index (χ1n) is 4.74. The zero-order valence-electron chi connectivity index (χ0n) is 9.10. The summed E-state index contributed by atoms with van der Waals surface area (Å²) in [5, 5.41) is 0. The Kier molecular flexibility index (Phi) is 4.18. The fourth-order valence-corrected chi connectivity index (χ4v) is 1.23. The smallest absolute Gasteiger partial charge is 0.419 e. The summed E-state index contributed by atoms with van der Waals surface area (Å²) in [5.41, 5.74) is -0.199. The predicted octanol–water partition coefficient (Wildman–Crippen LogP) is 3.04. The van der Waals surface area contributed by atoms with Gasteiger partial charge in [-0.1, -0.05) is 11.6 Å².